The van der Waals surface area contributed by atoms with Crippen LogP contribution in [0.1, 0.15) is 36.3 Å². The third kappa shape index (κ3) is 5.60. The standard InChI is InChI=1S/C27H33N/c1-4-26(24-15-9-6-10-16-24)27-21-23(14-11-19-28(2)3)17-18-25(27)20-22-12-7-5-8-13-22/h1,5-10,12-13,15-18,23,25-27H,11,14,19-21H2,2-3H3. The van der Waals surface area contributed by atoms with Gasteiger partial charge < -0.3 is 4.90 Å². The number of hydrogen-bond acceptors (Lipinski definition) is 1. The predicted octanol–water partition coefficient (Wildman–Crippen LogP) is 5.80. The Kier molecular flexibility index (Phi) is 7.52. The van der Waals surface area contributed by atoms with Crippen molar-refractivity contribution in [2.24, 2.45) is 17.8 Å². The van der Waals surface area contributed by atoms with Crippen LogP contribution in [-0.2, 0) is 6.42 Å². The Morgan fingerprint density at radius 1 is 1.00 bits per heavy atom. The van der Waals surface area contributed by atoms with Crippen molar-refractivity contribution >= 4 is 0 Å². The SMILES string of the molecule is C#CC(c1ccccc1)C1CC(CCCN(C)C)C=CC1Cc1ccccc1. The second kappa shape index (κ2) is 10.3. The van der Waals surface area contributed by atoms with Gasteiger partial charge in [-0.15, -0.1) is 6.42 Å². The highest BCUT2D eigenvalue weighted by molar-refractivity contribution is 5.30. The Morgan fingerprint density at radius 3 is 2.32 bits per heavy atom. The molecule has 0 heterocycles. The monoisotopic (exact) mass is 371 g/mol. The van der Waals surface area contributed by atoms with Gasteiger partial charge in [-0.25, -0.2) is 0 Å². The number of hydrogen-bond donors (Lipinski definition) is 0. The maximum atomic E-state index is 6.10. The minimum absolute atomic E-state index is 0.177. The molecule has 1 aliphatic rings. The van der Waals surface area contributed by atoms with Crippen molar-refractivity contribution < 1.29 is 0 Å². The summed E-state index contributed by atoms with van der Waals surface area (Å²) in [7, 11) is 4.30. The summed E-state index contributed by atoms with van der Waals surface area (Å²) in [5, 5.41) is 0. The molecule has 0 radical (unpaired) electrons. The summed E-state index contributed by atoms with van der Waals surface area (Å²) in [6, 6.07) is 21.5. The maximum absolute atomic E-state index is 6.10. The molecule has 0 saturated carbocycles. The molecule has 146 valence electrons. The lowest BCUT2D eigenvalue weighted by Crippen LogP contribution is -2.28. The van der Waals surface area contributed by atoms with Gasteiger partial charge in [0.15, 0.2) is 0 Å². The molecule has 0 fully saturated rings. The molecule has 1 nitrogen and oxygen atoms in total. The summed E-state index contributed by atoms with van der Waals surface area (Å²) in [5.74, 6) is 4.95. The van der Waals surface area contributed by atoms with Crippen LogP contribution in [0.3, 0.4) is 0 Å². The average Bonchev–Trinajstić information content (AvgIpc) is 2.71. The van der Waals surface area contributed by atoms with Crippen molar-refractivity contribution in [2.45, 2.75) is 31.6 Å². The van der Waals surface area contributed by atoms with Crippen LogP contribution in [-0.4, -0.2) is 25.5 Å². The van der Waals surface area contributed by atoms with E-state index < -0.39 is 0 Å². The number of benzene rings is 2. The first-order valence-electron chi connectivity index (χ1n) is 10.6. The molecule has 4 unspecified atom stereocenters. The van der Waals surface area contributed by atoms with Crippen LogP contribution in [0.2, 0.25) is 0 Å². The second-order valence-corrected chi connectivity index (χ2v) is 8.40. The van der Waals surface area contributed by atoms with E-state index in [4.69, 9.17) is 6.42 Å². The molecule has 0 N–H and O–H groups in total. The van der Waals surface area contributed by atoms with Gasteiger partial charge in [-0.1, -0.05) is 78.7 Å². The fourth-order valence-electron chi connectivity index (χ4n) is 4.55. The maximum Gasteiger partial charge on any atom is 0.0483 e. The zero-order valence-corrected chi connectivity index (χ0v) is 17.3. The van der Waals surface area contributed by atoms with E-state index in [0.29, 0.717) is 17.8 Å². The lowest BCUT2D eigenvalue weighted by atomic mass is 9.68. The molecule has 0 amide bonds. The summed E-state index contributed by atoms with van der Waals surface area (Å²) < 4.78 is 0. The highest BCUT2D eigenvalue weighted by Gasteiger charge is 2.32. The summed E-state index contributed by atoms with van der Waals surface area (Å²) in [4.78, 5) is 2.27. The van der Waals surface area contributed by atoms with Crippen LogP contribution in [0.25, 0.3) is 0 Å². The summed E-state index contributed by atoms with van der Waals surface area (Å²) >= 11 is 0. The average molecular weight is 372 g/mol. The van der Waals surface area contributed by atoms with E-state index in [0.717, 1.165) is 13.0 Å². The molecule has 4 atom stereocenters. The van der Waals surface area contributed by atoms with Crippen LogP contribution in [0.4, 0.5) is 0 Å². The first-order chi connectivity index (χ1) is 13.7. The van der Waals surface area contributed by atoms with Gasteiger partial charge in [0.1, 0.15) is 0 Å². The first kappa shape index (κ1) is 20.4. The van der Waals surface area contributed by atoms with Crippen molar-refractivity contribution in [1.82, 2.24) is 4.90 Å². The van der Waals surface area contributed by atoms with Crippen molar-refractivity contribution in [3.63, 3.8) is 0 Å². The van der Waals surface area contributed by atoms with Crippen LogP contribution < -0.4 is 0 Å². The molecular formula is C27H33N. The fourth-order valence-corrected chi connectivity index (χ4v) is 4.55. The zero-order valence-electron chi connectivity index (χ0n) is 17.3. The van der Waals surface area contributed by atoms with E-state index in [1.807, 2.05) is 0 Å². The van der Waals surface area contributed by atoms with E-state index in [-0.39, 0.29) is 5.92 Å². The Bertz CT molecular complexity index is 769. The molecule has 1 heteroatoms. The van der Waals surface area contributed by atoms with Gasteiger partial charge in [-0.3, -0.25) is 0 Å². The van der Waals surface area contributed by atoms with E-state index in [2.05, 4.69) is 97.7 Å². The largest absolute Gasteiger partial charge is 0.309 e. The van der Waals surface area contributed by atoms with E-state index in [1.165, 1.54) is 30.4 Å². The minimum Gasteiger partial charge on any atom is -0.309 e. The third-order valence-corrected chi connectivity index (χ3v) is 6.02. The van der Waals surface area contributed by atoms with Gasteiger partial charge in [-0.05, 0) is 75.2 Å². The number of terminal acetylenes is 1. The normalized spacial score (nSPS) is 22.7. The van der Waals surface area contributed by atoms with Crippen molar-refractivity contribution in [2.75, 3.05) is 20.6 Å². The first-order valence-corrected chi connectivity index (χ1v) is 10.6. The van der Waals surface area contributed by atoms with Crippen molar-refractivity contribution in [3.8, 4) is 12.3 Å². The highest BCUT2D eigenvalue weighted by atomic mass is 15.0. The van der Waals surface area contributed by atoms with Crippen LogP contribution in [0.5, 0.6) is 0 Å². The summed E-state index contributed by atoms with van der Waals surface area (Å²) in [5.41, 5.74) is 2.69. The molecule has 0 aromatic heterocycles. The van der Waals surface area contributed by atoms with Crippen LogP contribution >= 0.6 is 0 Å². The van der Waals surface area contributed by atoms with Gasteiger partial charge in [-0.2, -0.15) is 0 Å². The molecule has 0 saturated heterocycles. The van der Waals surface area contributed by atoms with E-state index >= 15 is 0 Å². The Balaban J connectivity index is 1.80. The van der Waals surface area contributed by atoms with Gasteiger partial charge in [0.25, 0.3) is 0 Å². The Labute approximate surface area is 171 Å². The molecule has 0 bridgehead atoms. The molecule has 1 aliphatic carbocycles. The quantitative estimate of drug-likeness (QED) is 0.419. The van der Waals surface area contributed by atoms with Crippen molar-refractivity contribution in [3.05, 3.63) is 83.9 Å². The van der Waals surface area contributed by atoms with Gasteiger partial charge in [0.05, 0.1) is 0 Å². The van der Waals surface area contributed by atoms with Gasteiger partial charge in [0.2, 0.25) is 0 Å². The third-order valence-electron chi connectivity index (χ3n) is 6.02. The molecule has 0 spiro atoms. The molecule has 3 rings (SSSR count). The number of allylic oxidation sites excluding steroid dienone is 2. The molecule has 0 aliphatic heterocycles. The molecule has 2 aromatic carbocycles. The lowest BCUT2D eigenvalue weighted by molar-refractivity contribution is 0.271. The number of rotatable bonds is 8. The summed E-state index contributed by atoms with van der Waals surface area (Å²) in [6.07, 6.45) is 15.8. The Hall–Kier alpha value is -2.30. The van der Waals surface area contributed by atoms with Crippen LogP contribution in [0.15, 0.2) is 72.8 Å². The summed E-state index contributed by atoms with van der Waals surface area (Å²) in [6.45, 7) is 1.15. The number of nitrogens with zero attached hydrogens (tertiary/aromatic N) is 1. The predicted molar refractivity (Wildman–Crippen MR) is 120 cm³/mol. The lowest BCUT2D eigenvalue weighted by Gasteiger charge is -2.36. The second-order valence-electron chi connectivity index (χ2n) is 8.40. The van der Waals surface area contributed by atoms with Gasteiger partial charge >= 0.3 is 0 Å². The van der Waals surface area contributed by atoms with Crippen molar-refractivity contribution in [1.29, 1.82) is 0 Å². The molecule has 28 heavy (non-hydrogen) atoms. The molecule has 2 aromatic rings. The Morgan fingerprint density at radius 2 is 1.68 bits per heavy atom. The van der Waals surface area contributed by atoms with Crippen LogP contribution in [0, 0.1) is 30.1 Å². The van der Waals surface area contributed by atoms with E-state index in [9.17, 15) is 0 Å². The van der Waals surface area contributed by atoms with Gasteiger partial charge in [0, 0.05) is 5.92 Å². The smallest absolute Gasteiger partial charge is 0.0483 e. The van der Waals surface area contributed by atoms with E-state index in [1.54, 1.807) is 0 Å². The topological polar surface area (TPSA) is 3.24 Å². The highest BCUT2D eigenvalue weighted by Crippen LogP contribution is 2.41. The minimum atomic E-state index is 0.177. The molecular weight excluding hydrogens is 338 g/mol. The fraction of sp³-hybridized carbons (Fsp3) is 0.407. The zero-order chi connectivity index (χ0) is 19.8.